The van der Waals surface area contributed by atoms with Gasteiger partial charge in [-0.15, -0.1) is 0 Å². The number of carbonyl (C=O) groups is 1. The molecule has 0 saturated carbocycles. The Kier molecular flexibility index (Phi) is 4.19. The van der Waals surface area contributed by atoms with Gasteiger partial charge in [-0.1, -0.05) is 6.92 Å². The van der Waals surface area contributed by atoms with Gasteiger partial charge in [0.1, 0.15) is 0 Å². The lowest BCUT2D eigenvalue weighted by molar-refractivity contribution is -0.307. The summed E-state index contributed by atoms with van der Waals surface area (Å²) in [6.45, 7) is 2.92. The molecule has 0 bridgehead atoms. The van der Waals surface area contributed by atoms with Crippen molar-refractivity contribution in [1.82, 2.24) is 4.72 Å². The van der Waals surface area contributed by atoms with E-state index in [1.54, 1.807) is 6.92 Å². The Morgan fingerprint density at radius 3 is 2.42 bits per heavy atom. The minimum atomic E-state index is -3.45. The van der Waals surface area contributed by atoms with Crippen LogP contribution < -0.4 is 9.83 Å². The fourth-order valence-electron chi connectivity index (χ4n) is 0.645. The highest BCUT2D eigenvalue weighted by Crippen LogP contribution is 1.91. The molecule has 1 atom stereocenters. The van der Waals surface area contributed by atoms with Gasteiger partial charge in [0.15, 0.2) is 0 Å². The first-order valence-corrected chi connectivity index (χ1v) is 5.25. The van der Waals surface area contributed by atoms with Crippen molar-refractivity contribution in [1.29, 1.82) is 0 Å². The smallest absolute Gasteiger partial charge is 0.212 e. The first-order chi connectivity index (χ1) is 5.39. The van der Waals surface area contributed by atoms with Crippen LogP contribution in [-0.4, -0.2) is 26.2 Å². The zero-order chi connectivity index (χ0) is 9.78. The van der Waals surface area contributed by atoms with Gasteiger partial charge >= 0.3 is 0 Å². The van der Waals surface area contributed by atoms with E-state index in [1.165, 1.54) is 6.92 Å². The minimum Gasteiger partial charge on any atom is -0.548 e. The molecule has 0 aromatic heterocycles. The summed E-state index contributed by atoms with van der Waals surface area (Å²) in [6, 6.07) is -1.17. The SMILES string of the molecule is CCCS(=O)(=O)N[C@H](C)C(=O)[O-]. The van der Waals surface area contributed by atoms with Crippen molar-refractivity contribution in [2.45, 2.75) is 26.3 Å². The molecule has 72 valence electrons. The van der Waals surface area contributed by atoms with E-state index >= 15 is 0 Å². The molecule has 0 spiro atoms. The molecule has 0 amide bonds. The topological polar surface area (TPSA) is 86.3 Å². The highest BCUT2D eigenvalue weighted by molar-refractivity contribution is 7.89. The summed E-state index contributed by atoms with van der Waals surface area (Å²) in [5.74, 6) is -1.49. The molecule has 0 unspecified atom stereocenters. The largest absolute Gasteiger partial charge is 0.548 e. The van der Waals surface area contributed by atoms with Crippen molar-refractivity contribution in [2.75, 3.05) is 5.75 Å². The van der Waals surface area contributed by atoms with E-state index in [9.17, 15) is 18.3 Å². The normalized spacial score (nSPS) is 14.2. The summed E-state index contributed by atoms with van der Waals surface area (Å²) in [5, 5.41) is 10.1. The van der Waals surface area contributed by atoms with Crippen LogP contribution in [-0.2, 0) is 14.8 Å². The molecule has 0 radical (unpaired) electrons. The molecule has 0 aromatic rings. The molecule has 1 N–H and O–H groups in total. The van der Waals surface area contributed by atoms with Crippen molar-refractivity contribution in [3.05, 3.63) is 0 Å². The van der Waals surface area contributed by atoms with E-state index in [-0.39, 0.29) is 5.75 Å². The summed E-state index contributed by atoms with van der Waals surface area (Å²) >= 11 is 0. The van der Waals surface area contributed by atoms with E-state index in [2.05, 4.69) is 0 Å². The fraction of sp³-hybridized carbons (Fsp3) is 0.833. The molecule has 0 aromatic carbocycles. The van der Waals surface area contributed by atoms with Crippen molar-refractivity contribution in [3.63, 3.8) is 0 Å². The third kappa shape index (κ3) is 4.30. The van der Waals surface area contributed by atoms with Crippen LogP contribution in [0.1, 0.15) is 20.3 Å². The van der Waals surface area contributed by atoms with E-state index < -0.39 is 22.0 Å². The van der Waals surface area contributed by atoms with Gasteiger partial charge in [-0.2, -0.15) is 0 Å². The number of carboxylic acids is 1. The maximum atomic E-state index is 10.9. The number of carboxylic acid groups (broad SMARTS) is 1. The Morgan fingerprint density at radius 1 is 1.58 bits per heavy atom. The Morgan fingerprint density at radius 2 is 2.08 bits per heavy atom. The van der Waals surface area contributed by atoms with Crippen LogP contribution in [0, 0.1) is 0 Å². The number of hydrogen-bond acceptors (Lipinski definition) is 4. The summed E-state index contributed by atoms with van der Waals surface area (Å²) in [6.07, 6.45) is 0.453. The van der Waals surface area contributed by atoms with E-state index in [1.807, 2.05) is 4.72 Å². The number of hydrogen-bond donors (Lipinski definition) is 1. The molecule has 12 heavy (non-hydrogen) atoms. The van der Waals surface area contributed by atoms with Crippen molar-refractivity contribution >= 4 is 16.0 Å². The lowest BCUT2D eigenvalue weighted by Gasteiger charge is -2.13. The van der Waals surface area contributed by atoms with Crippen LogP contribution in [0.15, 0.2) is 0 Å². The molecule has 5 nitrogen and oxygen atoms in total. The van der Waals surface area contributed by atoms with Crippen molar-refractivity contribution < 1.29 is 18.3 Å². The average molecular weight is 194 g/mol. The predicted octanol–water partition coefficient (Wildman–Crippen LogP) is -1.55. The minimum absolute atomic E-state index is 0.0649. The van der Waals surface area contributed by atoms with Gasteiger partial charge in [0.05, 0.1) is 17.8 Å². The van der Waals surface area contributed by atoms with E-state index in [0.717, 1.165) is 0 Å². The highest BCUT2D eigenvalue weighted by Gasteiger charge is 2.13. The predicted molar refractivity (Wildman–Crippen MR) is 41.7 cm³/mol. The Balaban J connectivity index is 4.16. The first kappa shape index (κ1) is 11.4. The Bertz CT molecular complexity index is 246. The van der Waals surface area contributed by atoms with Gasteiger partial charge in [-0.05, 0) is 13.3 Å². The second-order valence-corrected chi connectivity index (χ2v) is 4.35. The zero-order valence-electron chi connectivity index (χ0n) is 7.03. The molecule has 0 aliphatic rings. The molecule has 0 fully saturated rings. The number of sulfonamides is 1. The van der Waals surface area contributed by atoms with Crippen molar-refractivity contribution in [3.8, 4) is 0 Å². The second kappa shape index (κ2) is 4.42. The van der Waals surface area contributed by atoms with Gasteiger partial charge in [0.25, 0.3) is 0 Å². The molecule has 0 aliphatic heterocycles. The first-order valence-electron chi connectivity index (χ1n) is 3.60. The average Bonchev–Trinajstić information content (AvgIpc) is 1.85. The third-order valence-electron chi connectivity index (χ3n) is 1.18. The van der Waals surface area contributed by atoms with Gasteiger partial charge in [0, 0.05) is 0 Å². The van der Waals surface area contributed by atoms with E-state index in [0.29, 0.717) is 6.42 Å². The standard InChI is InChI=1S/C6H13NO4S/c1-3-4-12(10,11)7-5(2)6(8)9/h5,7H,3-4H2,1-2H3,(H,8,9)/p-1/t5-/m1/s1. The van der Waals surface area contributed by atoms with Gasteiger partial charge < -0.3 is 9.90 Å². The molecule has 0 aliphatic carbocycles. The van der Waals surface area contributed by atoms with Crippen LogP contribution in [0.2, 0.25) is 0 Å². The second-order valence-electron chi connectivity index (χ2n) is 2.48. The molecule has 0 heterocycles. The molecular formula is C6H12NO4S-. The lowest BCUT2D eigenvalue weighted by atomic mass is 10.4. The van der Waals surface area contributed by atoms with Crippen LogP contribution in [0.3, 0.4) is 0 Å². The van der Waals surface area contributed by atoms with Gasteiger partial charge in [0.2, 0.25) is 10.0 Å². The van der Waals surface area contributed by atoms with Gasteiger partial charge in [-0.3, -0.25) is 0 Å². The molecule has 6 heteroatoms. The fourth-order valence-corrected chi connectivity index (χ4v) is 1.94. The van der Waals surface area contributed by atoms with Crippen LogP contribution >= 0.6 is 0 Å². The highest BCUT2D eigenvalue weighted by atomic mass is 32.2. The zero-order valence-corrected chi connectivity index (χ0v) is 7.85. The summed E-state index contributed by atoms with van der Waals surface area (Å²) in [5.41, 5.74) is 0. The lowest BCUT2D eigenvalue weighted by Crippen LogP contribution is -2.46. The van der Waals surface area contributed by atoms with Crippen LogP contribution in [0.25, 0.3) is 0 Å². The summed E-state index contributed by atoms with van der Waals surface area (Å²) < 4.78 is 23.9. The van der Waals surface area contributed by atoms with Gasteiger partial charge in [-0.25, -0.2) is 13.1 Å². The quantitative estimate of drug-likeness (QED) is 0.574. The summed E-state index contributed by atoms with van der Waals surface area (Å²) in [4.78, 5) is 10.1. The number of nitrogens with one attached hydrogen (secondary N) is 1. The van der Waals surface area contributed by atoms with Crippen LogP contribution in [0.4, 0.5) is 0 Å². The monoisotopic (exact) mass is 194 g/mol. The molecule has 0 saturated heterocycles. The number of rotatable bonds is 5. The summed E-state index contributed by atoms with van der Waals surface area (Å²) in [7, 11) is -3.45. The van der Waals surface area contributed by atoms with Crippen LogP contribution in [0.5, 0.6) is 0 Å². The van der Waals surface area contributed by atoms with Crippen molar-refractivity contribution in [2.24, 2.45) is 0 Å². The Labute approximate surface area is 71.8 Å². The number of aliphatic carboxylic acids is 1. The Hall–Kier alpha value is -0.620. The third-order valence-corrected chi connectivity index (χ3v) is 2.84. The maximum absolute atomic E-state index is 10.9. The number of carbonyl (C=O) groups excluding carboxylic acids is 1. The van der Waals surface area contributed by atoms with E-state index in [4.69, 9.17) is 0 Å². The maximum Gasteiger partial charge on any atom is 0.212 e. The molecular weight excluding hydrogens is 182 g/mol. The molecule has 0 rings (SSSR count).